The van der Waals surface area contributed by atoms with Gasteiger partial charge in [-0.2, -0.15) is 0 Å². The van der Waals surface area contributed by atoms with Gasteiger partial charge in [-0.25, -0.2) is 0 Å². The van der Waals surface area contributed by atoms with Crippen LogP contribution in [-0.2, 0) is 10.8 Å². The van der Waals surface area contributed by atoms with E-state index < -0.39 is 0 Å². The van der Waals surface area contributed by atoms with Crippen LogP contribution in [0.2, 0.25) is 0 Å². The van der Waals surface area contributed by atoms with Crippen molar-refractivity contribution < 1.29 is 8.58 Å². The highest BCUT2D eigenvalue weighted by atomic mass is 35.5. The fourth-order valence-corrected chi connectivity index (χ4v) is 4.30. The molecule has 0 bridgehead atoms. The van der Waals surface area contributed by atoms with Crippen LogP contribution in [0.1, 0.15) is 75.4 Å². The lowest BCUT2D eigenvalue weighted by Crippen LogP contribution is -2.17. The first-order valence-electron chi connectivity index (χ1n) is 10.3. The average molecular weight is 458 g/mol. The van der Waals surface area contributed by atoms with E-state index >= 15 is 0 Å². The molecule has 0 amide bonds. The van der Waals surface area contributed by atoms with Gasteiger partial charge in [-0.3, -0.25) is 4.98 Å². The Morgan fingerprint density at radius 2 is 1.16 bits per heavy atom. The van der Waals surface area contributed by atoms with Crippen LogP contribution < -0.4 is 8.58 Å². The van der Waals surface area contributed by atoms with Crippen LogP contribution in [0.3, 0.4) is 0 Å². The number of para-hydroxylation sites is 2. The van der Waals surface area contributed by atoms with Gasteiger partial charge >= 0.3 is 0 Å². The quantitative estimate of drug-likeness (QED) is 0.389. The Bertz CT molecular complexity index is 972. The van der Waals surface area contributed by atoms with Crippen molar-refractivity contribution in [1.82, 2.24) is 4.98 Å². The molecule has 3 nitrogen and oxygen atoms in total. The van der Waals surface area contributed by atoms with E-state index in [0.29, 0.717) is 11.5 Å². The third-order valence-corrected chi connectivity index (χ3v) is 5.78. The van der Waals surface area contributed by atoms with Gasteiger partial charge < -0.3 is 8.58 Å². The minimum atomic E-state index is -0.284. The van der Waals surface area contributed by atoms with Gasteiger partial charge in [-0.05, 0) is 23.0 Å². The first-order valence-corrected chi connectivity index (χ1v) is 11.0. The second kappa shape index (κ2) is 9.10. The van der Waals surface area contributed by atoms with Crippen molar-refractivity contribution in [2.24, 2.45) is 0 Å². The van der Waals surface area contributed by atoms with Gasteiger partial charge in [0.05, 0.1) is 11.6 Å². The third-order valence-electron chi connectivity index (χ3n) is 5.47. The molecule has 0 aliphatic heterocycles. The molecule has 1 aromatic heterocycles. The second-order valence-corrected chi connectivity index (χ2v) is 10.1. The topological polar surface area (TPSA) is 31.4 Å². The van der Waals surface area contributed by atoms with Gasteiger partial charge in [0.15, 0.2) is 11.5 Å². The molecule has 1 heterocycles. The molecule has 0 N–H and O–H groups in total. The zero-order valence-corrected chi connectivity index (χ0v) is 20.4. The summed E-state index contributed by atoms with van der Waals surface area (Å²) in [5.74, 6) is 0.983. The number of benzene rings is 2. The van der Waals surface area contributed by atoms with Crippen molar-refractivity contribution in [3.8, 4) is 11.5 Å². The Kier molecular flexibility index (Phi) is 6.88. The molecular weight excluding hydrogens is 429 g/mol. The van der Waals surface area contributed by atoms with Crippen molar-refractivity contribution in [3.05, 3.63) is 88.7 Å². The summed E-state index contributed by atoms with van der Waals surface area (Å²) < 4.78 is 10.9. The van der Waals surface area contributed by atoms with Crippen LogP contribution in [-0.4, -0.2) is 4.98 Å². The Balaban J connectivity index is 2.37. The Morgan fingerprint density at radius 1 is 0.677 bits per heavy atom. The maximum atomic E-state index is 6.06. The maximum Gasteiger partial charge on any atom is 0.154 e. The predicted octanol–water partition coefficient (Wildman–Crippen LogP) is 7.92. The lowest BCUT2D eigenvalue weighted by atomic mass is 9.78. The number of aromatic nitrogens is 1. The molecule has 3 aromatic rings. The Morgan fingerprint density at radius 3 is 1.52 bits per heavy atom. The van der Waals surface area contributed by atoms with E-state index in [4.69, 9.17) is 32.3 Å². The highest BCUT2D eigenvalue weighted by molar-refractivity contribution is 6.09. The SMILES string of the molecule is CC(C)(C)c1cccc(C(c2ccccn2)c2cccc(C(C)(C)C)c2OCl)c1OCl. The molecule has 0 atom stereocenters. The smallest absolute Gasteiger partial charge is 0.154 e. The summed E-state index contributed by atoms with van der Waals surface area (Å²) >= 11 is 12.1. The number of halogens is 2. The highest BCUT2D eigenvalue weighted by Crippen LogP contribution is 2.46. The summed E-state index contributed by atoms with van der Waals surface area (Å²) in [5.41, 5.74) is 4.37. The van der Waals surface area contributed by atoms with E-state index in [2.05, 4.69) is 46.5 Å². The van der Waals surface area contributed by atoms with E-state index in [1.54, 1.807) is 6.20 Å². The van der Waals surface area contributed by atoms with Gasteiger partial charge in [0, 0.05) is 28.5 Å². The maximum absolute atomic E-state index is 6.06. The molecule has 0 radical (unpaired) electrons. The van der Waals surface area contributed by atoms with Gasteiger partial charge in [0.2, 0.25) is 0 Å². The lowest BCUT2D eigenvalue weighted by Gasteiger charge is -2.28. The summed E-state index contributed by atoms with van der Waals surface area (Å²) in [5, 5.41) is 0. The molecule has 2 aromatic carbocycles. The van der Waals surface area contributed by atoms with E-state index in [1.807, 2.05) is 54.6 Å². The highest BCUT2D eigenvalue weighted by Gasteiger charge is 2.32. The van der Waals surface area contributed by atoms with Crippen LogP contribution in [0.4, 0.5) is 0 Å². The molecule has 0 saturated heterocycles. The van der Waals surface area contributed by atoms with Crippen molar-refractivity contribution >= 4 is 23.7 Å². The Labute approximate surface area is 195 Å². The summed E-state index contributed by atoms with van der Waals surface area (Å²) in [4.78, 5) is 4.67. The zero-order valence-electron chi connectivity index (χ0n) is 18.9. The molecule has 0 spiro atoms. The monoisotopic (exact) mass is 457 g/mol. The fraction of sp³-hybridized carbons (Fsp3) is 0.346. The first-order chi connectivity index (χ1) is 14.6. The number of hydrogen-bond donors (Lipinski definition) is 0. The van der Waals surface area contributed by atoms with Gasteiger partial charge in [0.25, 0.3) is 0 Å². The van der Waals surface area contributed by atoms with E-state index in [9.17, 15) is 0 Å². The molecule has 0 unspecified atom stereocenters. The lowest BCUT2D eigenvalue weighted by molar-refractivity contribution is 0.522. The van der Waals surface area contributed by atoms with Crippen molar-refractivity contribution in [2.45, 2.75) is 58.3 Å². The van der Waals surface area contributed by atoms with Gasteiger partial charge in [0.1, 0.15) is 23.7 Å². The van der Waals surface area contributed by atoms with Crippen LogP contribution in [0.15, 0.2) is 60.8 Å². The van der Waals surface area contributed by atoms with E-state index in [0.717, 1.165) is 27.9 Å². The minimum absolute atomic E-state index is 0.159. The molecule has 3 rings (SSSR count). The Hall–Kier alpha value is -2.23. The fourth-order valence-electron chi connectivity index (χ4n) is 3.95. The third kappa shape index (κ3) is 4.83. The minimum Gasteiger partial charge on any atom is -0.385 e. The molecule has 0 fully saturated rings. The summed E-state index contributed by atoms with van der Waals surface area (Å²) in [6, 6.07) is 18.0. The molecule has 0 aliphatic carbocycles. The molecule has 0 aliphatic rings. The summed E-state index contributed by atoms with van der Waals surface area (Å²) in [6.07, 6.45) is 1.78. The van der Waals surface area contributed by atoms with Gasteiger partial charge in [-0.15, -0.1) is 0 Å². The number of pyridine rings is 1. The van der Waals surface area contributed by atoms with Crippen molar-refractivity contribution in [1.29, 1.82) is 0 Å². The number of rotatable bonds is 5. The molecule has 5 heteroatoms. The van der Waals surface area contributed by atoms with Gasteiger partial charge in [-0.1, -0.05) is 84.0 Å². The van der Waals surface area contributed by atoms with Crippen LogP contribution in [0, 0.1) is 0 Å². The first kappa shape index (κ1) is 23.4. The molecule has 0 saturated carbocycles. The van der Waals surface area contributed by atoms with E-state index in [1.165, 1.54) is 0 Å². The average Bonchev–Trinajstić information content (AvgIpc) is 2.73. The zero-order chi connectivity index (χ0) is 22.8. The van der Waals surface area contributed by atoms with Crippen molar-refractivity contribution in [2.75, 3.05) is 0 Å². The molecule has 31 heavy (non-hydrogen) atoms. The predicted molar refractivity (Wildman–Crippen MR) is 128 cm³/mol. The van der Waals surface area contributed by atoms with Crippen molar-refractivity contribution in [3.63, 3.8) is 0 Å². The molecule has 164 valence electrons. The number of nitrogens with zero attached hydrogens (tertiary/aromatic N) is 1. The van der Waals surface area contributed by atoms with Crippen LogP contribution in [0.5, 0.6) is 11.5 Å². The standard InChI is InChI=1S/C26H29Cl2NO2/c1-25(2,3)19-13-9-11-17(23(19)30-27)22(21-15-7-8-16-29-21)18-12-10-14-20(24(18)31-28)26(4,5)6/h7-16,22H,1-6H3. The number of hydrogen-bond acceptors (Lipinski definition) is 3. The summed E-state index contributed by atoms with van der Waals surface area (Å²) in [7, 11) is 0. The largest absolute Gasteiger partial charge is 0.385 e. The van der Waals surface area contributed by atoms with Crippen LogP contribution >= 0.6 is 23.7 Å². The second-order valence-electron chi connectivity index (χ2n) is 9.79. The molecular formula is C26H29Cl2NO2. The summed E-state index contributed by atoms with van der Waals surface area (Å²) in [6.45, 7) is 12.8. The normalized spacial score (nSPS) is 12.2. The van der Waals surface area contributed by atoms with Crippen LogP contribution in [0.25, 0.3) is 0 Å². The van der Waals surface area contributed by atoms with E-state index in [-0.39, 0.29) is 16.7 Å².